The summed E-state index contributed by atoms with van der Waals surface area (Å²) in [5.74, 6) is -0.729. The van der Waals surface area contributed by atoms with Crippen molar-refractivity contribution in [3.8, 4) is 17.6 Å². The number of hydrogen-bond donors (Lipinski definition) is 1. The molecule has 2 aromatic rings. The van der Waals surface area contributed by atoms with Crippen LogP contribution in [0.4, 0.5) is 5.00 Å². The molecule has 0 fully saturated rings. The molecule has 0 radical (unpaired) electrons. The van der Waals surface area contributed by atoms with Gasteiger partial charge in [0.2, 0.25) is 0 Å². The Balaban J connectivity index is 1.58. The summed E-state index contributed by atoms with van der Waals surface area (Å²) in [7, 11) is 1.42. The van der Waals surface area contributed by atoms with E-state index in [0.29, 0.717) is 27.8 Å². The molecule has 0 saturated heterocycles. The topological polar surface area (TPSA) is 124 Å². The normalized spacial score (nSPS) is 14.4. The van der Waals surface area contributed by atoms with Gasteiger partial charge in [-0.3, -0.25) is 4.79 Å². The lowest BCUT2D eigenvalue weighted by Gasteiger charge is -2.18. The molecule has 0 saturated carbocycles. The van der Waals surface area contributed by atoms with E-state index in [9.17, 15) is 14.4 Å². The van der Waals surface area contributed by atoms with Crippen molar-refractivity contribution in [2.24, 2.45) is 5.92 Å². The minimum atomic E-state index is -0.758. The lowest BCUT2D eigenvalue weighted by Crippen LogP contribution is -2.24. The van der Waals surface area contributed by atoms with E-state index < -0.39 is 31.1 Å². The number of carbonyl (C=O) groups is 3. The summed E-state index contributed by atoms with van der Waals surface area (Å²) in [6.07, 6.45) is 2.56. The van der Waals surface area contributed by atoms with Crippen LogP contribution in [0.15, 0.2) is 18.2 Å². The number of thiophene rings is 1. The third-order valence-electron chi connectivity index (χ3n) is 5.25. The fourth-order valence-electron chi connectivity index (χ4n) is 3.60. The number of nitrogens with one attached hydrogen (secondary N) is 1. The van der Waals surface area contributed by atoms with Crippen molar-refractivity contribution in [1.82, 2.24) is 0 Å². The molecule has 0 spiro atoms. The number of hydrogen-bond acceptors (Lipinski definition) is 9. The highest BCUT2D eigenvalue weighted by Gasteiger charge is 2.29. The first-order valence-electron chi connectivity index (χ1n) is 10.8. The van der Waals surface area contributed by atoms with Crippen molar-refractivity contribution in [2.75, 3.05) is 32.2 Å². The maximum absolute atomic E-state index is 12.5. The first-order valence-corrected chi connectivity index (χ1v) is 11.7. The van der Waals surface area contributed by atoms with Crippen molar-refractivity contribution < 1.29 is 33.3 Å². The van der Waals surface area contributed by atoms with E-state index in [2.05, 4.69) is 12.2 Å². The van der Waals surface area contributed by atoms with E-state index in [1.807, 2.05) is 6.07 Å². The minimum Gasteiger partial charge on any atom is -0.493 e. The number of methoxy groups -OCH3 is 1. The number of nitrogens with zero attached hydrogens (tertiary/aromatic N) is 1. The molecule has 1 aliphatic carbocycles. The predicted molar refractivity (Wildman–Crippen MR) is 124 cm³/mol. The van der Waals surface area contributed by atoms with E-state index in [1.54, 1.807) is 6.92 Å². The van der Waals surface area contributed by atoms with Crippen LogP contribution in [0.25, 0.3) is 0 Å². The second-order valence-electron chi connectivity index (χ2n) is 7.75. The van der Waals surface area contributed by atoms with Crippen LogP contribution in [0.2, 0.25) is 0 Å². The number of amides is 1. The number of anilines is 1. The second kappa shape index (κ2) is 11.5. The van der Waals surface area contributed by atoms with Gasteiger partial charge in [-0.1, -0.05) is 6.92 Å². The molecule has 1 unspecified atom stereocenters. The summed E-state index contributed by atoms with van der Waals surface area (Å²) in [6, 6.07) is 6.50. The lowest BCUT2D eigenvalue weighted by atomic mass is 9.88. The van der Waals surface area contributed by atoms with Gasteiger partial charge >= 0.3 is 11.9 Å². The fourth-order valence-corrected chi connectivity index (χ4v) is 5.02. The maximum Gasteiger partial charge on any atom is 0.344 e. The number of carbonyl (C=O) groups excluding carboxylic acids is 3. The molecule has 3 rings (SSSR count). The zero-order chi connectivity index (χ0) is 24.7. The average Bonchev–Trinajstić information content (AvgIpc) is 3.18. The summed E-state index contributed by atoms with van der Waals surface area (Å²) in [5.41, 5.74) is 1.71. The minimum absolute atomic E-state index is 0.231. The van der Waals surface area contributed by atoms with Crippen LogP contribution >= 0.6 is 11.3 Å². The molecular formula is C24H26N2O7S. The van der Waals surface area contributed by atoms with Crippen LogP contribution in [0.3, 0.4) is 0 Å². The molecule has 9 nitrogen and oxygen atoms in total. The van der Waals surface area contributed by atoms with Crippen LogP contribution in [0, 0.1) is 17.2 Å². The Morgan fingerprint density at radius 1 is 1.21 bits per heavy atom. The highest BCUT2D eigenvalue weighted by atomic mass is 32.1. The van der Waals surface area contributed by atoms with E-state index >= 15 is 0 Å². The van der Waals surface area contributed by atoms with Crippen molar-refractivity contribution in [2.45, 2.75) is 33.1 Å². The third kappa shape index (κ3) is 6.05. The number of fused-ring (bicyclic) bond motifs is 1. The van der Waals surface area contributed by atoms with Crippen LogP contribution in [-0.4, -0.2) is 44.8 Å². The second-order valence-corrected chi connectivity index (χ2v) is 8.86. The molecule has 1 aromatic heterocycles. The van der Waals surface area contributed by atoms with Crippen molar-refractivity contribution in [3.63, 3.8) is 0 Å². The van der Waals surface area contributed by atoms with Gasteiger partial charge in [-0.2, -0.15) is 5.26 Å². The molecule has 10 heteroatoms. The largest absolute Gasteiger partial charge is 0.493 e. The molecule has 0 aliphatic heterocycles. The highest BCUT2D eigenvalue weighted by Crippen LogP contribution is 2.40. The summed E-state index contributed by atoms with van der Waals surface area (Å²) >= 11 is 1.36. The molecular weight excluding hydrogens is 460 g/mol. The standard InChI is InChI=1S/C24H26N2O7S/c1-4-31-24(29)22-16-7-5-14(2)9-19(16)34-23(22)26-20(27)12-33-21(28)13-32-17-8-6-15(11-25)10-18(17)30-3/h6,8,10,14H,4-5,7,9,12-13H2,1-3H3,(H,26,27). The maximum atomic E-state index is 12.5. The quantitative estimate of drug-likeness (QED) is 0.534. The highest BCUT2D eigenvalue weighted by molar-refractivity contribution is 7.17. The van der Waals surface area contributed by atoms with Gasteiger partial charge in [-0.15, -0.1) is 11.3 Å². The lowest BCUT2D eigenvalue weighted by molar-refractivity contribution is -0.149. The Bertz CT molecular complexity index is 1120. The van der Waals surface area contributed by atoms with Gasteiger partial charge in [0, 0.05) is 10.9 Å². The van der Waals surface area contributed by atoms with Gasteiger partial charge in [0.25, 0.3) is 5.91 Å². The van der Waals surface area contributed by atoms with Gasteiger partial charge in [-0.05, 0) is 49.8 Å². The molecule has 1 atom stereocenters. The smallest absolute Gasteiger partial charge is 0.344 e. The number of benzene rings is 1. The zero-order valence-electron chi connectivity index (χ0n) is 19.3. The Labute approximate surface area is 201 Å². The first-order chi connectivity index (χ1) is 16.4. The molecule has 180 valence electrons. The molecule has 0 bridgehead atoms. The summed E-state index contributed by atoms with van der Waals surface area (Å²) in [6.45, 7) is 3.13. The van der Waals surface area contributed by atoms with Gasteiger partial charge in [0.15, 0.2) is 24.7 Å². The summed E-state index contributed by atoms with van der Waals surface area (Å²) < 4.78 is 20.7. The van der Waals surface area contributed by atoms with E-state index in [0.717, 1.165) is 29.7 Å². The molecule has 1 aliphatic rings. The van der Waals surface area contributed by atoms with Crippen LogP contribution in [0.1, 0.15) is 46.6 Å². The monoisotopic (exact) mass is 486 g/mol. The van der Waals surface area contributed by atoms with Crippen LogP contribution < -0.4 is 14.8 Å². The van der Waals surface area contributed by atoms with Crippen molar-refractivity contribution in [1.29, 1.82) is 5.26 Å². The van der Waals surface area contributed by atoms with Crippen LogP contribution in [-0.2, 0) is 31.9 Å². The zero-order valence-corrected chi connectivity index (χ0v) is 20.1. The molecule has 1 aromatic carbocycles. The number of nitriles is 1. The number of ether oxygens (including phenoxy) is 4. The average molecular weight is 487 g/mol. The Morgan fingerprint density at radius 2 is 2.00 bits per heavy atom. The van der Waals surface area contributed by atoms with Gasteiger partial charge in [0.05, 0.1) is 30.9 Å². The Kier molecular flexibility index (Phi) is 8.49. The number of esters is 2. The predicted octanol–water partition coefficient (Wildman–Crippen LogP) is 3.49. The van der Waals surface area contributed by atoms with Gasteiger partial charge in [0.1, 0.15) is 5.00 Å². The molecule has 1 amide bonds. The fraction of sp³-hybridized carbons (Fsp3) is 0.417. The van der Waals surface area contributed by atoms with E-state index in [1.165, 1.54) is 36.6 Å². The SMILES string of the molecule is CCOC(=O)c1c(NC(=O)COC(=O)COc2ccc(C#N)cc2OC)sc2c1CCC(C)C2. The Hall–Kier alpha value is -3.58. The van der Waals surface area contributed by atoms with E-state index in [-0.39, 0.29) is 12.4 Å². The third-order valence-corrected chi connectivity index (χ3v) is 6.42. The molecule has 1 heterocycles. The first kappa shape index (κ1) is 25.1. The molecule has 34 heavy (non-hydrogen) atoms. The number of rotatable bonds is 9. The van der Waals surface area contributed by atoms with E-state index in [4.69, 9.17) is 24.2 Å². The Morgan fingerprint density at radius 3 is 2.71 bits per heavy atom. The van der Waals surface area contributed by atoms with Gasteiger partial charge in [-0.25, -0.2) is 9.59 Å². The van der Waals surface area contributed by atoms with Crippen molar-refractivity contribution in [3.05, 3.63) is 39.8 Å². The summed E-state index contributed by atoms with van der Waals surface area (Å²) in [5, 5.41) is 12.1. The molecule has 1 N–H and O–H groups in total. The summed E-state index contributed by atoms with van der Waals surface area (Å²) in [4.78, 5) is 38.1. The van der Waals surface area contributed by atoms with Crippen LogP contribution in [0.5, 0.6) is 11.5 Å². The van der Waals surface area contributed by atoms with Gasteiger partial charge < -0.3 is 24.3 Å². The van der Waals surface area contributed by atoms with Crippen molar-refractivity contribution >= 4 is 34.2 Å².